The maximum atomic E-state index is 12.0. The molecule has 0 saturated heterocycles. The molecular formula is C31H36N4O10S2. The summed E-state index contributed by atoms with van der Waals surface area (Å²) in [6.45, 7) is 7.95. The standard InChI is InChI=1S/2C14H12N2O2.2CH4O3S.CH4/c2*1-7(2)14-15-10-8-5-3-4-6-9(8)12(17)13(18)11(10)16-14;2*1-5(2,3)4;/h2*3-7H,1-2H3,(H,15,16);2*1H3,(H,2,3,4);1H4. The van der Waals surface area contributed by atoms with E-state index in [2.05, 4.69) is 19.9 Å². The van der Waals surface area contributed by atoms with Gasteiger partial charge in [-0.3, -0.25) is 28.3 Å². The fourth-order valence-electron chi connectivity index (χ4n) is 4.30. The Kier molecular flexibility index (Phi) is 12.2. The van der Waals surface area contributed by atoms with Gasteiger partial charge in [0, 0.05) is 34.1 Å². The van der Waals surface area contributed by atoms with E-state index in [4.69, 9.17) is 9.11 Å². The smallest absolute Gasteiger partial charge is 0.261 e. The van der Waals surface area contributed by atoms with Gasteiger partial charge in [-0.2, -0.15) is 16.8 Å². The number of hydrogen-bond acceptors (Lipinski definition) is 10. The molecular weight excluding hydrogens is 652 g/mol. The number of Topliss-reactive ketones (excluding diaryl/α,β-unsaturated/α-hetero) is 4. The van der Waals surface area contributed by atoms with E-state index >= 15 is 0 Å². The van der Waals surface area contributed by atoms with Gasteiger partial charge in [0.1, 0.15) is 34.4 Å². The number of carbonyl (C=O) groups excluding carboxylic acids is 4. The molecule has 2 heterocycles. The summed E-state index contributed by atoms with van der Waals surface area (Å²) in [5.41, 5.74) is 4.19. The first-order valence-electron chi connectivity index (χ1n) is 13.6. The summed E-state index contributed by atoms with van der Waals surface area (Å²) in [7, 11) is -7.33. The summed E-state index contributed by atoms with van der Waals surface area (Å²) in [4.78, 5) is 62.8. The molecule has 0 saturated carbocycles. The third kappa shape index (κ3) is 9.68. The molecule has 16 heteroatoms. The zero-order valence-electron chi connectivity index (χ0n) is 25.6. The highest BCUT2D eigenvalue weighted by molar-refractivity contribution is 7.85. The number of aromatic nitrogens is 4. The van der Waals surface area contributed by atoms with Crippen molar-refractivity contribution in [3.63, 3.8) is 0 Å². The Morgan fingerprint density at radius 1 is 0.553 bits per heavy atom. The molecule has 0 fully saturated rings. The summed E-state index contributed by atoms with van der Waals surface area (Å²) in [6, 6.07) is 14.2. The van der Waals surface area contributed by atoms with Crippen LogP contribution in [0.25, 0.3) is 22.5 Å². The lowest BCUT2D eigenvalue weighted by molar-refractivity contribution is 0.0812. The second-order valence-corrected chi connectivity index (χ2v) is 13.8. The maximum Gasteiger partial charge on any atom is 0.261 e. The summed E-state index contributed by atoms with van der Waals surface area (Å²) < 4.78 is 51.7. The van der Waals surface area contributed by atoms with Crippen molar-refractivity contribution < 1.29 is 45.1 Å². The number of ketones is 4. The highest BCUT2D eigenvalue weighted by Crippen LogP contribution is 2.34. The molecule has 0 bridgehead atoms. The molecule has 14 nitrogen and oxygen atoms in total. The van der Waals surface area contributed by atoms with Crippen molar-refractivity contribution >= 4 is 43.4 Å². The van der Waals surface area contributed by atoms with E-state index in [9.17, 15) is 36.0 Å². The van der Waals surface area contributed by atoms with Crippen LogP contribution in [0.5, 0.6) is 0 Å². The molecule has 2 aliphatic carbocycles. The number of rotatable bonds is 2. The molecule has 4 aromatic rings. The number of hydrogen-bond donors (Lipinski definition) is 4. The Balaban J connectivity index is 0.000000251. The van der Waals surface area contributed by atoms with Crippen molar-refractivity contribution in [2.24, 2.45) is 0 Å². The van der Waals surface area contributed by atoms with Crippen LogP contribution in [0, 0.1) is 0 Å². The van der Waals surface area contributed by atoms with Gasteiger partial charge < -0.3 is 9.97 Å². The van der Waals surface area contributed by atoms with Gasteiger partial charge in [0.15, 0.2) is 0 Å². The summed E-state index contributed by atoms with van der Waals surface area (Å²) in [6.07, 6.45) is 1.43. The van der Waals surface area contributed by atoms with Crippen molar-refractivity contribution in [1.82, 2.24) is 19.9 Å². The Labute approximate surface area is 272 Å². The van der Waals surface area contributed by atoms with Crippen LogP contribution in [0.15, 0.2) is 48.5 Å². The van der Waals surface area contributed by atoms with Crippen molar-refractivity contribution in [1.29, 1.82) is 0 Å². The molecule has 0 radical (unpaired) electrons. The third-order valence-electron chi connectivity index (χ3n) is 6.26. The van der Waals surface area contributed by atoms with Gasteiger partial charge in [0.05, 0.1) is 12.5 Å². The summed E-state index contributed by atoms with van der Waals surface area (Å²) in [5, 5.41) is 0. The van der Waals surface area contributed by atoms with E-state index in [0.717, 1.165) is 22.8 Å². The predicted molar refractivity (Wildman–Crippen MR) is 175 cm³/mol. The molecule has 252 valence electrons. The highest BCUT2D eigenvalue weighted by atomic mass is 32.2. The second-order valence-electron chi connectivity index (χ2n) is 10.9. The van der Waals surface area contributed by atoms with Crippen molar-refractivity contribution in [2.45, 2.75) is 47.0 Å². The van der Waals surface area contributed by atoms with Crippen molar-refractivity contribution in [2.75, 3.05) is 12.5 Å². The van der Waals surface area contributed by atoms with E-state index < -0.39 is 43.4 Å². The number of benzene rings is 2. The quantitative estimate of drug-likeness (QED) is 0.164. The summed E-state index contributed by atoms with van der Waals surface area (Å²) in [5.74, 6) is -0.0765. The zero-order valence-corrected chi connectivity index (χ0v) is 27.3. The number of nitrogens with zero attached hydrogens (tertiary/aromatic N) is 2. The van der Waals surface area contributed by atoms with E-state index in [-0.39, 0.29) is 19.3 Å². The van der Waals surface area contributed by atoms with Crippen LogP contribution in [-0.4, -0.2) is 81.5 Å². The van der Waals surface area contributed by atoms with Crippen LogP contribution >= 0.6 is 0 Å². The molecule has 0 spiro atoms. The average molecular weight is 689 g/mol. The minimum absolute atomic E-state index is 0. The molecule has 0 amide bonds. The van der Waals surface area contributed by atoms with Crippen molar-refractivity contribution in [3.8, 4) is 22.5 Å². The monoisotopic (exact) mass is 688 g/mol. The number of aromatic amines is 2. The van der Waals surface area contributed by atoms with Crippen LogP contribution in [0.3, 0.4) is 0 Å². The topological polar surface area (TPSA) is 234 Å². The van der Waals surface area contributed by atoms with Crippen LogP contribution in [0.2, 0.25) is 0 Å². The number of carbonyl (C=O) groups is 4. The fraction of sp³-hybridized carbons (Fsp3) is 0.290. The van der Waals surface area contributed by atoms with E-state index in [1.807, 2.05) is 52.0 Å². The highest BCUT2D eigenvalue weighted by Gasteiger charge is 2.34. The number of nitrogens with one attached hydrogen (secondary N) is 2. The molecule has 0 aliphatic heterocycles. The first-order chi connectivity index (χ1) is 21.2. The Morgan fingerprint density at radius 2 is 0.809 bits per heavy atom. The molecule has 2 aromatic heterocycles. The number of imidazole rings is 2. The molecule has 0 atom stereocenters. The molecule has 2 aromatic carbocycles. The average Bonchev–Trinajstić information content (AvgIpc) is 3.60. The number of fused-ring (bicyclic) bond motifs is 6. The van der Waals surface area contributed by atoms with E-state index in [0.29, 0.717) is 46.4 Å². The maximum absolute atomic E-state index is 12.0. The minimum Gasteiger partial charge on any atom is -0.338 e. The van der Waals surface area contributed by atoms with Gasteiger partial charge in [-0.15, -0.1) is 0 Å². The minimum atomic E-state index is -3.67. The Bertz CT molecular complexity index is 1890. The van der Waals surface area contributed by atoms with Gasteiger partial charge in [0.2, 0.25) is 11.6 Å². The van der Waals surface area contributed by atoms with Gasteiger partial charge in [-0.1, -0.05) is 83.7 Å². The molecule has 2 aliphatic rings. The van der Waals surface area contributed by atoms with Crippen LogP contribution in [0.4, 0.5) is 0 Å². The Hall–Kier alpha value is -4.64. The van der Waals surface area contributed by atoms with Gasteiger partial charge >= 0.3 is 0 Å². The first kappa shape index (κ1) is 38.5. The largest absolute Gasteiger partial charge is 0.338 e. The van der Waals surface area contributed by atoms with E-state index in [1.165, 1.54) is 0 Å². The Morgan fingerprint density at radius 3 is 1.06 bits per heavy atom. The SMILES string of the molecule is C.CC(C)c1nc2c([nH]1)C(=O)C(=O)c1ccccc1-2.CC(C)c1nc2c([nH]1)C(=O)C(=O)c1ccccc1-2.CS(=O)(=O)O.CS(=O)(=O)O. The second kappa shape index (κ2) is 14.8. The normalized spacial score (nSPS) is 13.0. The molecule has 4 N–H and O–H groups in total. The zero-order chi connectivity index (χ0) is 34.7. The molecule has 47 heavy (non-hydrogen) atoms. The van der Waals surface area contributed by atoms with Crippen LogP contribution in [-0.2, 0) is 20.2 Å². The van der Waals surface area contributed by atoms with Gasteiger partial charge in [-0.05, 0) is 0 Å². The predicted octanol–water partition coefficient (Wildman–Crippen LogP) is 4.80. The number of H-pyrrole nitrogens is 2. The van der Waals surface area contributed by atoms with Gasteiger partial charge in [-0.25, -0.2) is 9.97 Å². The molecule has 6 rings (SSSR count). The van der Waals surface area contributed by atoms with Gasteiger partial charge in [0.25, 0.3) is 31.8 Å². The van der Waals surface area contributed by atoms with Crippen LogP contribution in [0.1, 0.15) is 100 Å². The van der Waals surface area contributed by atoms with E-state index in [1.54, 1.807) is 24.3 Å². The molecule has 0 unspecified atom stereocenters. The lowest BCUT2D eigenvalue weighted by Gasteiger charge is -2.11. The fourth-order valence-corrected chi connectivity index (χ4v) is 4.30. The van der Waals surface area contributed by atoms with Crippen molar-refractivity contribution in [3.05, 3.63) is 82.7 Å². The van der Waals surface area contributed by atoms with Crippen LogP contribution < -0.4 is 0 Å². The first-order valence-corrected chi connectivity index (χ1v) is 17.3. The summed E-state index contributed by atoms with van der Waals surface area (Å²) >= 11 is 0. The lowest BCUT2D eigenvalue weighted by atomic mass is 9.90. The lowest BCUT2D eigenvalue weighted by Crippen LogP contribution is -2.21. The third-order valence-corrected chi connectivity index (χ3v) is 6.26.